The molecule has 6 nitrogen and oxygen atoms in total. The maximum Gasteiger partial charge on any atom is 0.161 e. The van der Waals surface area contributed by atoms with Gasteiger partial charge >= 0.3 is 0 Å². The molecule has 134 valence electrons. The second-order valence-electron chi connectivity index (χ2n) is 6.85. The third-order valence-corrected chi connectivity index (χ3v) is 4.91. The summed E-state index contributed by atoms with van der Waals surface area (Å²) in [5.41, 5.74) is 2.16. The fourth-order valence-corrected chi connectivity index (χ4v) is 3.73. The van der Waals surface area contributed by atoms with Crippen molar-refractivity contribution in [3.8, 4) is 11.5 Å². The Labute approximate surface area is 147 Å². The van der Waals surface area contributed by atoms with Gasteiger partial charge in [-0.05, 0) is 24.6 Å². The standard InChI is InChI=1S/C19H24N2O4/c1-13-7-16(25-20-13)9-15-11-21(12-19(15)22-2)10-14-3-4-17-18(8-14)24-6-5-23-17/h3-4,7-8,15,19H,5-6,9-12H2,1-2H3/t15-,19+/m1/s1. The van der Waals surface area contributed by atoms with E-state index >= 15 is 0 Å². The summed E-state index contributed by atoms with van der Waals surface area (Å²) in [7, 11) is 1.79. The van der Waals surface area contributed by atoms with Crippen molar-refractivity contribution in [2.45, 2.75) is 26.0 Å². The van der Waals surface area contributed by atoms with E-state index in [0.717, 1.165) is 49.0 Å². The lowest BCUT2D eigenvalue weighted by atomic mass is 10.0. The molecule has 3 heterocycles. The SMILES string of the molecule is CO[C@H]1CN(Cc2ccc3c(c2)OCCO3)C[C@H]1Cc1cc(C)no1. The summed E-state index contributed by atoms with van der Waals surface area (Å²) in [5, 5.41) is 3.98. The highest BCUT2D eigenvalue weighted by molar-refractivity contribution is 5.43. The molecule has 6 heteroatoms. The minimum Gasteiger partial charge on any atom is -0.486 e. The Bertz CT molecular complexity index is 730. The summed E-state index contributed by atoms with van der Waals surface area (Å²) in [4.78, 5) is 2.42. The van der Waals surface area contributed by atoms with Gasteiger partial charge in [0.05, 0.1) is 11.8 Å². The van der Waals surface area contributed by atoms with E-state index < -0.39 is 0 Å². The van der Waals surface area contributed by atoms with Crippen LogP contribution in [0.4, 0.5) is 0 Å². The van der Waals surface area contributed by atoms with Crippen molar-refractivity contribution >= 4 is 0 Å². The molecule has 2 aromatic rings. The number of hydrogen-bond acceptors (Lipinski definition) is 6. The number of hydrogen-bond donors (Lipinski definition) is 0. The van der Waals surface area contributed by atoms with Crippen molar-refractivity contribution in [3.63, 3.8) is 0 Å². The lowest BCUT2D eigenvalue weighted by Crippen LogP contribution is -2.23. The fourth-order valence-electron chi connectivity index (χ4n) is 3.73. The van der Waals surface area contributed by atoms with Gasteiger partial charge in [-0.2, -0.15) is 0 Å². The van der Waals surface area contributed by atoms with Crippen LogP contribution < -0.4 is 9.47 Å². The molecule has 0 spiro atoms. The Morgan fingerprint density at radius 3 is 2.76 bits per heavy atom. The first-order valence-corrected chi connectivity index (χ1v) is 8.77. The van der Waals surface area contributed by atoms with Gasteiger partial charge in [-0.3, -0.25) is 4.90 Å². The highest BCUT2D eigenvalue weighted by Gasteiger charge is 2.33. The molecule has 1 aromatic heterocycles. The van der Waals surface area contributed by atoms with E-state index in [1.807, 2.05) is 19.1 Å². The summed E-state index contributed by atoms with van der Waals surface area (Å²) in [6, 6.07) is 8.21. The molecule has 0 bridgehead atoms. The van der Waals surface area contributed by atoms with Gasteiger partial charge in [0.2, 0.25) is 0 Å². The van der Waals surface area contributed by atoms with Crippen LogP contribution in [0.3, 0.4) is 0 Å². The van der Waals surface area contributed by atoms with Gasteiger partial charge in [-0.25, -0.2) is 0 Å². The molecule has 0 aliphatic carbocycles. The molecule has 0 amide bonds. The van der Waals surface area contributed by atoms with Gasteiger partial charge in [0.15, 0.2) is 11.5 Å². The molecule has 2 atom stereocenters. The molecule has 4 rings (SSSR count). The third-order valence-electron chi connectivity index (χ3n) is 4.91. The van der Waals surface area contributed by atoms with Crippen LogP contribution >= 0.6 is 0 Å². The average Bonchev–Trinajstić information content (AvgIpc) is 3.20. The number of methoxy groups -OCH3 is 1. The first-order chi connectivity index (χ1) is 12.2. The minimum atomic E-state index is 0.211. The molecule has 0 N–H and O–H groups in total. The van der Waals surface area contributed by atoms with E-state index in [9.17, 15) is 0 Å². The van der Waals surface area contributed by atoms with E-state index in [1.54, 1.807) is 7.11 Å². The molecule has 25 heavy (non-hydrogen) atoms. The third kappa shape index (κ3) is 3.65. The van der Waals surface area contributed by atoms with Gasteiger partial charge in [0.25, 0.3) is 0 Å². The van der Waals surface area contributed by atoms with E-state index in [1.165, 1.54) is 5.56 Å². The summed E-state index contributed by atoms with van der Waals surface area (Å²) >= 11 is 0. The zero-order valence-corrected chi connectivity index (χ0v) is 14.7. The Morgan fingerprint density at radius 2 is 2.00 bits per heavy atom. The number of fused-ring (bicyclic) bond motifs is 1. The van der Waals surface area contributed by atoms with Crippen molar-refractivity contribution in [1.82, 2.24) is 10.1 Å². The molecule has 0 saturated carbocycles. The van der Waals surface area contributed by atoms with Gasteiger partial charge in [0, 0.05) is 45.1 Å². The molecular weight excluding hydrogens is 320 g/mol. The average molecular weight is 344 g/mol. The van der Waals surface area contributed by atoms with Crippen LogP contribution in [0.25, 0.3) is 0 Å². The van der Waals surface area contributed by atoms with E-state index in [-0.39, 0.29) is 6.10 Å². The second kappa shape index (κ2) is 7.06. The molecule has 1 saturated heterocycles. The number of ether oxygens (including phenoxy) is 3. The van der Waals surface area contributed by atoms with Crippen LogP contribution in [0.15, 0.2) is 28.8 Å². The zero-order valence-electron chi connectivity index (χ0n) is 14.7. The van der Waals surface area contributed by atoms with Crippen LogP contribution in [0.1, 0.15) is 17.0 Å². The van der Waals surface area contributed by atoms with E-state index in [0.29, 0.717) is 19.1 Å². The van der Waals surface area contributed by atoms with Crippen LogP contribution in [0, 0.1) is 12.8 Å². The zero-order chi connectivity index (χ0) is 17.2. The summed E-state index contributed by atoms with van der Waals surface area (Å²) < 4.78 is 22.4. The van der Waals surface area contributed by atoms with Gasteiger partial charge in [0.1, 0.15) is 19.0 Å². The predicted molar refractivity (Wildman–Crippen MR) is 91.9 cm³/mol. The minimum absolute atomic E-state index is 0.211. The second-order valence-corrected chi connectivity index (χ2v) is 6.85. The first kappa shape index (κ1) is 16.4. The largest absolute Gasteiger partial charge is 0.486 e. The predicted octanol–water partition coefficient (Wildman–Crippen LogP) is 2.44. The summed E-state index contributed by atoms with van der Waals surface area (Å²) in [6.45, 7) is 5.96. The normalized spacial score (nSPS) is 23.1. The first-order valence-electron chi connectivity index (χ1n) is 8.77. The summed E-state index contributed by atoms with van der Waals surface area (Å²) in [6.07, 6.45) is 1.07. The van der Waals surface area contributed by atoms with Crippen molar-refractivity contribution in [1.29, 1.82) is 0 Å². The van der Waals surface area contributed by atoms with Crippen LogP contribution in [0.5, 0.6) is 11.5 Å². The number of rotatable bonds is 5. The Balaban J connectivity index is 1.41. The number of benzene rings is 1. The van der Waals surface area contributed by atoms with E-state index in [2.05, 4.69) is 22.2 Å². The smallest absolute Gasteiger partial charge is 0.161 e. The van der Waals surface area contributed by atoms with E-state index in [4.69, 9.17) is 18.7 Å². The lowest BCUT2D eigenvalue weighted by molar-refractivity contribution is 0.0761. The Hall–Kier alpha value is -2.05. The molecule has 2 aliphatic rings. The van der Waals surface area contributed by atoms with Crippen molar-refractivity contribution < 1.29 is 18.7 Å². The van der Waals surface area contributed by atoms with Crippen molar-refractivity contribution in [2.24, 2.45) is 5.92 Å². The van der Waals surface area contributed by atoms with Crippen LogP contribution in [0.2, 0.25) is 0 Å². The number of likely N-dealkylation sites (tertiary alicyclic amines) is 1. The lowest BCUT2D eigenvalue weighted by Gasteiger charge is -2.20. The number of aryl methyl sites for hydroxylation is 1. The molecule has 1 aromatic carbocycles. The summed E-state index contributed by atoms with van der Waals surface area (Å²) in [5.74, 6) is 3.03. The van der Waals surface area contributed by atoms with Gasteiger partial charge < -0.3 is 18.7 Å². The molecule has 2 aliphatic heterocycles. The number of nitrogens with zero attached hydrogens (tertiary/aromatic N) is 2. The van der Waals surface area contributed by atoms with Crippen LogP contribution in [-0.4, -0.2) is 49.6 Å². The Kier molecular flexibility index (Phi) is 4.63. The number of aromatic nitrogens is 1. The fraction of sp³-hybridized carbons (Fsp3) is 0.526. The van der Waals surface area contributed by atoms with Crippen LogP contribution in [-0.2, 0) is 17.7 Å². The highest BCUT2D eigenvalue weighted by atomic mass is 16.6. The van der Waals surface area contributed by atoms with Crippen molar-refractivity contribution in [3.05, 3.63) is 41.3 Å². The molecule has 1 fully saturated rings. The molecule has 0 unspecified atom stereocenters. The van der Waals surface area contributed by atoms with Crippen molar-refractivity contribution in [2.75, 3.05) is 33.4 Å². The quantitative estimate of drug-likeness (QED) is 0.830. The molecular formula is C19H24N2O4. The maximum atomic E-state index is 5.71. The maximum absolute atomic E-state index is 5.71. The molecule has 0 radical (unpaired) electrons. The highest BCUT2D eigenvalue weighted by Crippen LogP contribution is 2.32. The van der Waals surface area contributed by atoms with Gasteiger partial charge in [-0.15, -0.1) is 0 Å². The van der Waals surface area contributed by atoms with Gasteiger partial charge in [-0.1, -0.05) is 11.2 Å². The Morgan fingerprint density at radius 1 is 1.16 bits per heavy atom. The monoisotopic (exact) mass is 344 g/mol. The topological polar surface area (TPSA) is 57.0 Å².